The summed E-state index contributed by atoms with van der Waals surface area (Å²) < 4.78 is 18.8. The van der Waals surface area contributed by atoms with Crippen LogP contribution >= 0.6 is 0 Å². The maximum Gasteiger partial charge on any atom is 0.165 e. The maximum absolute atomic E-state index is 13.8. The molecule has 2 heteroatoms. The van der Waals surface area contributed by atoms with Gasteiger partial charge < -0.3 is 4.74 Å². The molecule has 1 aliphatic rings. The lowest BCUT2D eigenvalue weighted by atomic mass is 9.73. The second-order valence-electron chi connectivity index (χ2n) is 7.07. The molecule has 1 aliphatic carbocycles. The third-order valence-electron chi connectivity index (χ3n) is 5.44. The highest BCUT2D eigenvalue weighted by molar-refractivity contribution is 5.29. The summed E-state index contributed by atoms with van der Waals surface area (Å²) >= 11 is 0. The van der Waals surface area contributed by atoms with E-state index in [1.54, 1.807) is 12.1 Å². The van der Waals surface area contributed by atoms with Gasteiger partial charge in [-0.05, 0) is 54.7 Å². The molecule has 1 unspecified atom stereocenters. The quantitative estimate of drug-likeness (QED) is 0.599. The summed E-state index contributed by atoms with van der Waals surface area (Å²) in [6, 6.07) is 5.40. The topological polar surface area (TPSA) is 9.23 Å². The fraction of sp³-hybridized carbons (Fsp3) is 0.700. The van der Waals surface area contributed by atoms with Crippen molar-refractivity contribution in [3.63, 3.8) is 0 Å². The Morgan fingerprint density at radius 3 is 2.55 bits per heavy atom. The van der Waals surface area contributed by atoms with Crippen LogP contribution in [0, 0.1) is 23.6 Å². The van der Waals surface area contributed by atoms with Crippen LogP contribution < -0.4 is 4.74 Å². The molecule has 0 N–H and O–H groups in total. The summed E-state index contributed by atoms with van der Waals surface area (Å²) in [5.74, 6) is 2.51. The van der Waals surface area contributed by atoms with Gasteiger partial charge in [-0.15, -0.1) is 0 Å². The number of hydrogen-bond acceptors (Lipinski definition) is 1. The normalized spacial score (nSPS) is 23.3. The summed E-state index contributed by atoms with van der Waals surface area (Å²) in [5.41, 5.74) is 1.10. The van der Waals surface area contributed by atoms with Crippen LogP contribution in [0.5, 0.6) is 5.75 Å². The molecule has 1 atom stereocenters. The van der Waals surface area contributed by atoms with Crippen molar-refractivity contribution in [2.45, 2.75) is 65.2 Å². The molecule has 0 heterocycles. The largest absolute Gasteiger partial charge is 0.494 e. The van der Waals surface area contributed by atoms with E-state index in [9.17, 15) is 4.39 Å². The van der Waals surface area contributed by atoms with E-state index in [1.807, 2.05) is 6.07 Å². The average Bonchev–Trinajstić information content (AvgIpc) is 2.53. The zero-order chi connectivity index (χ0) is 15.9. The summed E-state index contributed by atoms with van der Waals surface area (Å²) in [6.45, 7) is 4.61. The van der Waals surface area contributed by atoms with Gasteiger partial charge in [-0.1, -0.05) is 52.0 Å². The van der Waals surface area contributed by atoms with Crippen molar-refractivity contribution in [2.75, 3.05) is 7.11 Å². The first-order valence-corrected chi connectivity index (χ1v) is 8.96. The van der Waals surface area contributed by atoms with Gasteiger partial charge >= 0.3 is 0 Å². The molecule has 0 bridgehead atoms. The SMILES string of the molecule is CCCCC1CCC(C(C)Cc2ccc(OC)c(F)c2)CC1. The highest BCUT2D eigenvalue weighted by atomic mass is 19.1. The van der Waals surface area contributed by atoms with Crippen molar-refractivity contribution < 1.29 is 9.13 Å². The second-order valence-corrected chi connectivity index (χ2v) is 7.07. The Kier molecular flexibility index (Phi) is 6.72. The molecule has 0 radical (unpaired) electrons. The van der Waals surface area contributed by atoms with Crippen molar-refractivity contribution in [1.82, 2.24) is 0 Å². The lowest BCUT2D eigenvalue weighted by Gasteiger charge is -2.32. The minimum absolute atomic E-state index is 0.240. The molecule has 0 saturated heterocycles. The van der Waals surface area contributed by atoms with Crippen molar-refractivity contribution in [1.29, 1.82) is 0 Å². The smallest absolute Gasteiger partial charge is 0.165 e. The molecule has 1 fully saturated rings. The number of rotatable bonds is 7. The molecule has 0 spiro atoms. The summed E-state index contributed by atoms with van der Waals surface area (Å²) in [4.78, 5) is 0. The minimum atomic E-state index is -0.240. The number of halogens is 1. The summed E-state index contributed by atoms with van der Waals surface area (Å²) in [7, 11) is 1.51. The Hall–Kier alpha value is -1.05. The third kappa shape index (κ3) is 4.72. The molecule has 1 nitrogen and oxygen atoms in total. The lowest BCUT2D eigenvalue weighted by Crippen LogP contribution is -2.21. The molecular formula is C20H31FO. The number of ether oxygens (including phenoxy) is 1. The van der Waals surface area contributed by atoms with E-state index >= 15 is 0 Å². The Labute approximate surface area is 135 Å². The number of benzene rings is 1. The zero-order valence-corrected chi connectivity index (χ0v) is 14.4. The molecule has 1 saturated carbocycles. The van der Waals surface area contributed by atoms with E-state index in [0.717, 1.165) is 23.8 Å². The third-order valence-corrected chi connectivity index (χ3v) is 5.44. The fourth-order valence-corrected chi connectivity index (χ4v) is 3.91. The first-order chi connectivity index (χ1) is 10.6. The van der Waals surface area contributed by atoms with Crippen LogP contribution in [0.4, 0.5) is 4.39 Å². The average molecular weight is 306 g/mol. The maximum atomic E-state index is 13.8. The number of methoxy groups -OCH3 is 1. The molecule has 124 valence electrons. The summed E-state index contributed by atoms with van der Waals surface area (Å²) in [5, 5.41) is 0. The van der Waals surface area contributed by atoms with Crippen LogP contribution in [0.2, 0.25) is 0 Å². The van der Waals surface area contributed by atoms with Crippen LogP contribution in [-0.4, -0.2) is 7.11 Å². The zero-order valence-electron chi connectivity index (χ0n) is 14.4. The molecule has 0 amide bonds. The van der Waals surface area contributed by atoms with Crippen LogP contribution in [0.3, 0.4) is 0 Å². The molecule has 1 aromatic carbocycles. The molecular weight excluding hydrogens is 275 g/mol. The molecule has 0 aliphatic heterocycles. The van der Waals surface area contributed by atoms with E-state index in [0.29, 0.717) is 11.7 Å². The Bertz CT molecular complexity index is 449. The predicted molar refractivity (Wildman–Crippen MR) is 90.8 cm³/mol. The van der Waals surface area contributed by atoms with E-state index < -0.39 is 0 Å². The molecule has 22 heavy (non-hydrogen) atoms. The van der Waals surface area contributed by atoms with E-state index in [4.69, 9.17) is 4.74 Å². The van der Waals surface area contributed by atoms with Gasteiger partial charge in [-0.25, -0.2) is 4.39 Å². The highest BCUT2D eigenvalue weighted by Gasteiger charge is 2.25. The van der Waals surface area contributed by atoms with Crippen molar-refractivity contribution >= 4 is 0 Å². The summed E-state index contributed by atoms with van der Waals surface area (Å²) in [6.07, 6.45) is 10.6. The van der Waals surface area contributed by atoms with Crippen molar-refractivity contribution in [3.8, 4) is 5.75 Å². The van der Waals surface area contributed by atoms with Gasteiger partial charge in [0.15, 0.2) is 11.6 Å². The van der Waals surface area contributed by atoms with Crippen LogP contribution in [0.15, 0.2) is 18.2 Å². The second kappa shape index (κ2) is 8.55. The molecule has 0 aromatic heterocycles. The lowest BCUT2D eigenvalue weighted by molar-refractivity contribution is 0.204. The van der Waals surface area contributed by atoms with Crippen molar-refractivity contribution in [3.05, 3.63) is 29.6 Å². The van der Waals surface area contributed by atoms with Crippen molar-refractivity contribution in [2.24, 2.45) is 17.8 Å². The van der Waals surface area contributed by atoms with E-state index in [2.05, 4.69) is 13.8 Å². The van der Waals surface area contributed by atoms with Gasteiger partial charge in [0.05, 0.1) is 7.11 Å². The number of unbranched alkanes of at least 4 members (excludes halogenated alkanes) is 1. The molecule has 1 aromatic rings. The number of hydrogen-bond donors (Lipinski definition) is 0. The first-order valence-electron chi connectivity index (χ1n) is 8.96. The van der Waals surface area contributed by atoms with Gasteiger partial charge in [-0.3, -0.25) is 0 Å². The Balaban J connectivity index is 1.83. The minimum Gasteiger partial charge on any atom is -0.494 e. The standard InChI is InChI=1S/C20H31FO/c1-4-5-6-16-7-10-18(11-8-16)15(2)13-17-9-12-20(22-3)19(21)14-17/h9,12,14-16,18H,4-8,10-11,13H2,1-3H3. The predicted octanol–water partition coefficient (Wildman–Crippen LogP) is 6.01. The first kappa shape index (κ1) is 17.3. The van der Waals surface area contributed by atoms with Crippen LogP contribution in [-0.2, 0) is 6.42 Å². The van der Waals surface area contributed by atoms with Gasteiger partial charge in [-0.2, -0.15) is 0 Å². The van der Waals surface area contributed by atoms with Crippen LogP contribution in [0.1, 0.15) is 64.4 Å². The van der Waals surface area contributed by atoms with Gasteiger partial charge in [0.1, 0.15) is 0 Å². The Morgan fingerprint density at radius 1 is 1.23 bits per heavy atom. The van der Waals surface area contributed by atoms with Gasteiger partial charge in [0, 0.05) is 0 Å². The van der Waals surface area contributed by atoms with Gasteiger partial charge in [0.2, 0.25) is 0 Å². The van der Waals surface area contributed by atoms with E-state index in [-0.39, 0.29) is 5.82 Å². The molecule has 2 rings (SSSR count). The Morgan fingerprint density at radius 2 is 1.95 bits per heavy atom. The fourth-order valence-electron chi connectivity index (χ4n) is 3.91. The monoisotopic (exact) mass is 306 g/mol. The van der Waals surface area contributed by atoms with Crippen LogP contribution in [0.25, 0.3) is 0 Å². The van der Waals surface area contributed by atoms with Gasteiger partial charge in [0.25, 0.3) is 0 Å². The van der Waals surface area contributed by atoms with E-state index in [1.165, 1.54) is 52.1 Å². The highest BCUT2D eigenvalue weighted by Crippen LogP contribution is 2.37.